The molecule has 110 valence electrons. The Kier molecular flexibility index (Phi) is 3.10. The van der Waals surface area contributed by atoms with Crippen molar-refractivity contribution in [2.24, 2.45) is 11.8 Å². The number of aliphatic carboxylic acids is 1. The molecule has 0 bridgehead atoms. The van der Waals surface area contributed by atoms with E-state index in [-0.39, 0.29) is 29.7 Å². The van der Waals surface area contributed by atoms with Gasteiger partial charge in [0.1, 0.15) is 5.70 Å². The third-order valence-electron chi connectivity index (χ3n) is 4.85. The van der Waals surface area contributed by atoms with Crippen molar-refractivity contribution in [2.45, 2.75) is 44.4 Å². The second-order valence-corrected chi connectivity index (χ2v) is 5.84. The van der Waals surface area contributed by atoms with Crippen molar-refractivity contribution >= 4 is 11.9 Å². The van der Waals surface area contributed by atoms with Crippen LogP contribution < -0.4 is 0 Å². The van der Waals surface area contributed by atoms with E-state index < -0.39 is 18.0 Å². The van der Waals surface area contributed by atoms with Gasteiger partial charge in [0, 0.05) is 13.0 Å². The molecule has 2 N–H and O–H groups in total. The molecule has 3 aliphatic rings. The molecule has 0 aromatic heterocycles. The quantitative estimate of drug-likeness (QED) is 0.729. The molecule has 0 aromatic rings. The molecule has 20 heavy (non-hydrogen) atoms. The number of fused-ring (bicyclic) bond motifs is 3. The van der Waals surface area contributed by atoms with E-state index in [9.17, 15) is 19.8 Å². The highest BCUT2D eigenvalue weighted by Crippen LogP contribution is 2.52. The maximum Gasteiger partial charge on any atom is 0.352 e. The van der Waals surface area contributed by atoms with Crippen molar-refractivity contribution in [2.75, 3.05) is 7.11 Å². The van der Waals surface area contributed by atoms with Crippen LogP contribution in [0.5, 0.6) is 0 Å². The highest BCUT2D eigenvalue weighted by Gasteiger charge is 2.62. The fourth-order valence-corrected chi connectivity index (χ4v) is 4.08. The predicted octanol–water partition coefficient (Wildman–Crippen LogP) is 0.362. The number of rotatable bonds is 3. The van der Waals surface area contributed by atoms with Crippen LogP contribution in [0.2, 0.25) is 0 Å². The molecule has 2 fully saturated rings. The Hall–Kier alpha value is -1.40. The van der Waals surface area contributed by atoms with Crippen LogP contribution in [0.4, 0.5) is 0 Å². The fourth-order valence-electron chi connectivity index (χ4n) is 4.08. The molecule has 1 unspecified atom stereocenters. The van der Waals surface area contributed by atoms with E-state index in [0.717, 1.165) is 24.8 Å². The SMILES string of the molecule is CO[C@H]1CCC[C@@H]2C1=C(C(=O)O)N1C(=O)[C@H]([C@@H](C)O)C21. The summed E-state index contributed by atoms with van der Waals surface area (Å²) in [6, 6.07) is -0.207. The Morgan fingerprint density at radius 3 is 2.70 bits per heavy atom. The Morgan fingerprint density at radius 2 is 2.15 bits per heavy atom. The number of methoxy groups -OCH3 is 1. The second kappa shape index (κ2) is 4.56. The Morgan fingerprint density at radius 1 is 1.45 bits per heavy atom. The molecular formula is C14H19NO5. The standard InChI is InChI=1S/C14H19NO5/c1-6(16)9-11-7-4-3-5-8(20-2)10(7)12(14(18)19)15(11)13(9)17/h6-9,11,16H,3-5H2,1-2H3,(H,18,19)/t6-,7-,8+,9-,11?/m1/s1. The maximum absolute atomic E-state index is 12.2. The number of hydrogen-bond donors (Lipinski definition) is 2. The average molecular weight is 281 g/mol. The summed E-state index contributed by atoms with van der Waals surface area (Å²) in [5.74, 6) is -1.83. The number of aliphatic hydroxyl groups excluding tert-OH is 1. The van der Waals surface area contributed by atoms with Gasteiger partial charge in [-0.2, -0.15) is 0 Å². The molecule has 6 heteroatoms. The summed E-state index contributed by atoms with van der Waals surface area (Å²) in [7, 11) is 1.57. The van der Waals surface area contributed by atoms with E-state index in [2.05, 4.69) is 0 Å². The topological polar surface area (TPSA) is 87.1 Å². The Balaban J connectivity index is 2.04. The summed E-state index contributed by atoms with van der Waals surface area (Å²) in [6.07, 6.45) is 1.61. The van der Waals surface area contributed by atoms with E-state index in [4.69, 9.17) is 4.74 Å². The molecule has 6 nitrogen and oxygen atoms in total. The minimum atomic E-state index is -1.08. The molecule has 2 aliphatic heterocycles. The van der Waals surface area contributed by atoms with Crippen LogP contribution in [-0.2, 0) is 14.3 Å². The largest absolute Gasteiger partial charge is 0.477 e. The number of carbonyl (C=O) groups excluding carboxylic acids is 1. The van der Waals surface area contributed by atoms with Crippen LogP contribution in [0.15, 0.2) is 11.3 Å². The molecular weight excluding hydrogens is 262 g/mol. The molecule has 1 saturated carbocycles. The van der Waals surface area contributed by atoms with Crippen molar-refractivity contribution in [3.8, 4) is 0 Å². The number of carboxylic acids is 1. The van der Waals surface area contributed by atoms with Crippen molar-refractivity contribution in [3.05, 3.63) is 11.3 Å². The third-order valence-corrected chi connectivity index (χ3v) is 4.85. The van der Waals surface area contributed by atoms with Gasteiger partial charge in [-0.15, -0.1) is 0 Å². The predicted molar refractivity (Wildman–Crippen MR) is 68.6 cm³/mol. The number of ether oxygens (including phenoxy) is 1. The maximum atomic E-state index is 12.2. The molecule has 5 atom stereocenters. The molecule has 1 aliphatic carbocycles. The van der Waals surface area contributed by atoms with E-state index in [1.54, 1.807) is 14.0 Å². The van der Waals surface area contributed by atoms with Crippen molar-refractivity contribution < 1.29 is 24.5 Å². The molecule has 0 radical (unpaired) electrons. The molecule has 1 saturated heterocycles. The molecule has 3 rings (SSSR count). The summed E-state index contributed by atoms with van der Waals surface area (Å²) < 4.78 is 5.42. The summed E-state index contributed by atoms with van der Waals surface area (Å²) in [5.41, 5.74) is 0.834. The summed E-state index contributed by atoms with van der Waals surface area (Å²) >= 11 is 0. The minimum Gasteiger partial charge on any atom is -0.477 e. The van der Waals surface area contributed by atoms with Crippen molar-refractivity contribution in [1.29, 1.82) is 0 Å². The zero-order chi connectivity index (χ0) is 14.6. The van der Waals surface area contributed by atoms with Crippen LogP contribution in [0.1, 0.15) is 26.2 Å². The lowest BCUT2D eigenvalue weighted by Crippen LogP contribution is -2.64. The first-order valence-corrected chi connectivity index (χ1v) is 7.00. The number of carbonyl (C=O) groups is 2. The van der Waals surface area contributed by atoms with Crippen LogP contribution in [0.3, 0.4) is 0 Å². The molecule has 1 amide bonds. The first-order chi connectivity index (χ1) is 9.49. The minimum absolute atomic E-state index is 0.0112. The average Bonchev–Trinajstić information content (AvgIpc) is 2.69. The lowest BCUT2D eigenvalue weighted by molar-refractivity contribution is -0.163. The molecule has 0 spiro atoms. The number of aliphatic hydroxyl groups is 1. The first-order valence-electron chi connectivity index (χ1n) is 7.00. The highest BCUT2D eigenvalue weighted by atomic mass is 16.5. The lowest BCUT2D eigenvalue weighted by Gasteiger charge is -2.47. The summed E-state index contributed by atoms with van der Waals surface area (Å²) in [5, 5.41) is 19.2. The molecule has 2 heterocycles. The zero-order valence-corrected chi connectivity index (χ0v) is 11.6. The monoisotopic (exact) mass is 281 g/mol. The van der Waals surface area contributed by atoms with Crippen molar-refractivity contribution in [1.82, 2.24) is 4.90 Å². The summed E-state index contributed by atoms with van der Waals surface area (Å²) in [4.78, 5) is 25.1. The van der Waals surface area contributed by atoms with Crippen LogP contribution in [0, 0.1) is 11.8 Å². The van der Waals surface area contributed by atoms with Gasteiger partial charge in [-0.25, -0.2) is 4.79 Å². The van der Waals surface area contributed by atoms with Crippen LogP contribution in [0.25, 0.3) is 0 Å². The van der Waals surface area contributed by atoms with Gasteiger partial charge in [-0.05, 0) is 31.8 Å². The second-order valence-electron chi connectivity index (χ2n) is 5.84. The van der Waals surface area contributed by atoms with Gasteiger partial charge in [0.25, 0.3) is 0 Å². The van der Waals surface area contributed by atoms with E-state index >= 15 is 0 Å². The zero-order valence-electron chi connectivity index (χ0n) is 11.6. The smallest absolute Gasteiger partial charge is 0.352 e. The van der Waals surface area contributed by atoms with Crippen molar-refractivity contribution in [3.63, 3.8) is 0 Å². The number of carboxylic acid groups (broad SMARTS) is 1. The fraction of sp³-hybridized carbons (Fsp3) is 0.714. The lowest BCUT2D eigenvalue weighted by atomic mass is 9.72. The van der Waals surface area contributed by atoms with Gasteiger partial charge < -0.3 is 19.8 Å². The van der Waals surface area contributed by atoms with Crippen LogP contribution >= 0.6 is 0 Å². The molecule has 0 aromatic carbocycles. The Labute approximate surface area is 117 Å². The number of β-lactam (4-membered cyclic amide) rings is 1. The highest BCUT2D eigenvalue weighted by molar-refractivity contribution is 6.00. The van der Waals surface area contributed by atoms with Gasteiger partial charge in [0.15, 0.2) is 0 Å². The van der Waals surface area contributed by atoms with E-state index in [1.165, 1.54) is 4.90 Å². The number of amides is 1. The Bertz CT molecular complexity index is 498. The summed E-state index contributed by atoms with van der Waals surface area (Å²) in [6.45, 7) is 1.59. The van der Waals surface area contributed by atoms with Gasteiger partial charge in [-0.1, -0.05) is 0 Å². The number of hydrogen-bond acceptors (Lipinski definition) is 4. The van der Waals surface area contributed by atoms with Gasteiger partial charge >= 0.3 is 5.97 Å². The van der Waals surface area contributed by atoms with Gasteiger partial charge in [0.2, 0.25) is 5.91 Å². The third kappa shape index (κ3) is 1.58. The number of nitrogens with zero attached hydrogens (tertiary/aromatic N) is 1. The van der Waals surface area contributed by atoms with E-state index in [0.29, 0.717) is 0 Å². The van der Waals surface area contributed by atoms with E-state index in [1.807, 2.05) is 0 Å². The van der Waals surface area contributed by atoms with Gasteiger partial charge in [0.05, 0.1) is 24.2 Å². The van der Waals surface area contributed by atoms with Gasteiger partial charge in [-0.3, -0.25) is 4.79 Å². The first kappa shape index (κ1) is 13.6. The van der Waals surface area contributed by atoms with Crippen LogP contribution in [-0.4, -0.2) is 52.3 Å². The normalized spacial score (nSPS) is 37.4.